The lowest BCUT2D eigenvalue weighted by Gasteiger charge is -2.39. The second kappa shape index (κ2) is 23.9. The highest BCUT2D eigenvalue weighted by atomic mass is 16.7. The SMILES string of the molecule is CCC(C)(C)C(=O)OC1(C(C)C)CCCC1.CCC(C)(C)C(=O)OC1(C2CCCC2OC(C)=O)CCCC1.CCC(C)(C)C(=O)OC1C2CC3C(=O)OC1C3O2.CCC(C)(C)C(=O)OC1COC(=O)C1. The van der Waals surface area contributed by atoms with E-state index in [9.17, 15) is 33.6 Å². The van der Waals surface area contributed by atoms with Gasteiger partial charge < -0.3 is 37.9 Å². The highest BCUT2D eigenvalue weighted by molar-refractivity contribution is 5.80. The van der Waals surface area contributed by atoms with E-state index in [0.717, 1.165) is 70.6 Å². The molecule has 7 aliphatic rings. The Labute approximate surface area is 418 Å². The van der Waals surface area contributed by atoms with Crippen LogP contribution in [0.5, 0.6) is 0 Å². The maximum atomic E-state index is 12.6. The first kappa shape index (κ1) is 58.8. The molecule has 0 aromatic carbocycles. The predicted octanol–water partition coefficient (Wildman–Crippen LogP) is 10.3. The number of fused-ring (bicyclic) bond motifs is 1. The van der Waals surface area contributed by atoms with Gasteiger partial charge in [-0.05, 0) is 164 Å². The van der Waals surface area contributed by atoms with Gasteiger partial charge in [0.15, 0.2) is 12.2 Å². The lowest BCUT2D eigenvalue weighted by atomic mass is 9.82. The van der Waals surface area contributed by atoms with Crippen molar-refractivity contribution in [2.75, 3.05) is 6.61 Å². The molecule has 70 heavy (non-hydrogen) atoms. The second-order valence-corrected chi connectivity index (χ2v) is 23.8. The zero-order valence-electron chi connectivity index (χ0n) is 45.5. The highest BCUT2D eigenvalue weighted by Crippen LogP contribution is 2.50. The molecular formula is C55H90O15. The summed E-state index contributed by atoms with van der Waals surface area (Å²) in [7, 11) is 0. The van der Waals surface area contributed by atoms with Crippen molar-refractivity contribution in [1.29, 1.82) is 0 Å². The van der Waals surface area contributed by atoms with Crippen molar-refractivity contribution in [2.24, 2.45) is 39.4 Å². The number of rotatable bonds is 15. The van der Waals surface area contributed by atoms with Crippen molar-refractivity contribution in [3.8, 4) is 0 Å². The molecule has 8 unspecified atom stereocenters. The molecule has 4 saturated heterocycles. The third-order valence-electron chi connectivity index (χ3n) is 16.9. The Kier molecular flexibility index (Phi) is 20.0. The van der Waals surface area contributed by atoms with Gasteiger partial charge in [0.25, 0.3) is 0 Å². The molecular weight excluding hydrogens is 901 g/mol. The average Bonchev–Trinajstić information content (AvgIpc) is 4.18. The Balaban J connectivity index is 0.000000206. The number of cyclic esters (lactones) is 1. The molecule has 3 aliphatic carbocycles. The minimum Gasteiger partial charge on any atom is -0.462 e. The Hall–Kier alpha value is -3.75. The van der Waals surface area contributed by atoms with Gasteiger partial charge in [-0.1, -0.05) is 41.5 Å². The minimum absolute atomic E-state index is 0.0226. The van der Waals surface area contributed by atoms with Gasteiger partial charge in [0.1, 0.15) is 36.1 Å². The quantitative estimate of drug-likeness (QED) is 0.111. The Morgan fingerprint density at radius 1 is 0.643 bits per heavy atom. The van der Waals surface area contributed by atoms with Crippen molar-refractivity contribution in [2.45, 2.75) is 261 Å². The summed E-state index contributed by atoms with van der Waals surface area (Å²) in [6, 6.07) is 0. The molecule has 0 N–H and O–H groups in total. The zero-order chi connectivity index (χ0) is 52.6. The predicted molar refractivity (Wildman–Crippen MR) is 261 cm³/mol. The van der Waals surface area contributed by atoms with Crippen molar-refractivity contribution in [1.82, 2.24) is 0 Å². The summed E-state index contributed by atoms with van der Waals surface area (Å²) in [6.07, 6.45) is 13.5. The third kappa shape index (κ3) is 14.1. The molecule has 0 spiro atoms. The van der Waals surface area contributed by atoms with Gasteiger partial charge >= 0.3 is 41.8 Å². The summed E-state index contributed by atoms with van der Waals surface area (Å²) in [5.41, 5.74) is -2.38. The number of ether oxygens (including phenoxy) is 8. The van der Waals surface area contributed by atoms with Gasteiger partial charge in [0.05, 0.1) is 40.1 Å². The lowest BCUT2D eigenvalue weighted by Crippen LogP contribution is -2.47. The standard InChI is InChI=1S/C18H30O4.C14H26O2.C13H18O5.C10H16O4/c1-5-17(3,4)16(20)22-18(11-6-7-12-18)14-9-8-10-15(14)21-13(2)19;1-6-13(4,5)12(15)16-14(11(2)3)9-7-8-10-14;1-4-13(2,3)12(15)18-9-7-5-6-8(16-7)10(9)17-11(6)14;1-4-10(2,3)9(12)14-7-5-8(11)13-6-7/h14-15H,5-12H2,1-4H3;11H,6-10H2,1-5H3;6-10H,4-5H2,1-3H3;7H,4-6H2,1-3H3. The van der Waals surface area contributed by atoms with Crippen molar-refractivity contribution < 1.29 is 71.5 Å². The first-order chi connectivity index (χ1) is 32.5. The maximum Gasteiger partial charge on any atom is 0.312 e. The molecule has 2 bridgehead atoms. The normalized spacial score (nSPS) is 28.2. The molecule has 7 rings (SSSR count). The molecule has 0 aromatic heterocycles. The van der Waals surface area contributed by atoms with E-state index in [1.54, 1.807) is 0 Å². The van der Waals surface area contributed by atoms with Crippen LogP contribution in [0.4, 0.5) is 0 Å². The molecule has 15 nitrogen and oxygen atoms in total. The fourth-order valence-corrected chi connectivity index (χ4v) is 9.94. The number of hydrogen-bond donors (Lipinski definition) is 0. The fraction of sp³-hybridized carbons (Fsp3) is 0.873. The van der Waals surface area contributed by atoms with Gasteiger partial charge in [0.2, 0.25) is 0 Å². The van der Waals surface area contributed by atoms with E-state index in [0.29, 0.717) is 25.2 Å². The Morgan fingerprint density at radius 2 is 1.14 bits per heavy atom. The van der Waals surface area contributed by atoms with Crippen molar-refractivity contribution in [3.05, 3.63) is 0 Å². The molecule has 0 radical (unpaired) electrons. The number of carbonyl (C=O) groups is 7. The summed E-state index contributed by atoms with van der Waals surface area (Å²) in [4.78, 5) is 82.0. The lowest BCUT2D eigenvalue weighted by molar-refractivity contribution is -0.183. The van der Waals surface area contributed by atoms with Crippen molar-refractivity contribution >= 4 is 41.8 Å². The highest BCUT2D eigenvalue weighted by Gasteiger charge is 2.65. The first-order valence-electron chi connectivity index (χ1n) is 26.6. The van der Waals surface area contributed by atoms with Gasteiger partial charge in [-0.3, -0.25) is 33.6 Å². The van der Waals surface area contributed by atoms with Crippen LogP contribution in [0.3, 0.4) is 0 Å². The van der Waals surface area contributed by atoms with Crippen LogP contribution in [-0.2, 0) is 71.5 Å². The van der Waals surface area contributed by atoms with E-state index in [4.69, 9.17) is 37.9 Å². The topological polar surface area (TPSA) is 193 Å². The van der Waals surface area contributed by atoms with E-state index in [1.165, 1.54) is 19.8 Å². The average molecular weight is 991 g/mol. The Morgan fingerprint density at radius 3 is 1.63 bits per heavy atom. The number of esters is 7. The zero-order valence-corrected chi connectivity index (χ0v) is 45.5. The van der Waals surface area contributed by atoms with Crippen LogP contribution in [0.1, 0.15) is 213 Å². The van der Waals surface area contributed by atoms with Gasteiger partial charge in [0, 0.05) is 12.8 Å². The Bertz CT molecular complexity index is 1830. The van der Waals surface area contributed by atoms with Crippen molar-refractivity contribution in [3.63, 3.8) is 0 Å². The molecule has 0 amide bonds. The summed E-state index contributed by atoms with van der Waals surface area (Å²) >= 11 is 0. The molecule has 8 atom stereocenters. The third-order valence-corrected chi connectivity index (χ3v) is 16.9. The van der Waals surface area contributed by atoms with Crippen LogP contribution >= 0.6 is 0 Å². The molecule has 0 aromatic rings. The first-order valence-corrected chi connectivity index (χ1v) is 26.6. The van der Waals surface area contributed by atoms with Crippen LogP contribution in [0.15, 0.2) is 0 Å². The maximum absolute atomic E-state index is 12.6. The van der Waals surface area contributed by atoms with E-state index in [-0.39, 0.29) is 102 Å². The molecule has 7 fully saturated rings. The van der Waals surface area contributed by atoms with Gasteiger partial charge in [-0.15, -0.1) is 0 Å². The van der Waals surface area contributed by atoms with E-state index in [2.05, 4.69) is 13.8 Å². The molecule has 15 heteroatoms. The molecule has 4 aliphatic heterocycles. The van der Waals surface area contributed by atoms with Gasteiger partial charge in [-0.2, -0.15) is 0 Å². The summed E-state index contributed by atoms with van der Waals surface area (Å²) in [5.74, 6) is -0.927. The number of carbonyl (C=O) groups excluding carboxylic acids is 7. The van der Waals surface area contributed by atoms with E-state index >= 15 is 0 Å². The summed E-state index contributed by atoms with van der Waals surface area (Å²) in [5, 5.41) is 0. The molecule has 400 valence electrons. The smallest absolute Gasteiger partial charge is 0.312 e. The minimum atomic E-state index is -0.510. The number of hydrogen-bond acceptors (Lipinski definition) is 15. The van der Waals surface area contributed by atoms with Crippen LogP contribution < -0.4 is 0 Å². The summed E-state index contributed by atoms with van der Waals surface area (Å²) in [6.45, 7) is 29.1. The van der Waals surface area contributed by atoms with Crippen LogP contribution in [0.25, 0.3) is 0 Å². The van der Waals surface area contributed by atoms with Crippen LogP contribution in [0.2, 0.25) is 0 Å². The van der Waals surface area contributed by atoms with E-state index in [1.807, 2.05) is 83.1 Å². The van der Waals surface area contributed by atoms with Crippen LogP contribution in [0, 0.1) is 39.4 Å². The summed E-state index contributed by atoms with van der Waals surface area (Å²) < 4.78 is 43.8. The largest absolute Gasteiger partial charge is 0.462 e. The van der Waals surface area contributed by atoms with Crippen LogP contribution in [-0.4, -0.2) is 96.2 Å². The fourth-order valence-electron chi connectivity index (χ4n) is 9.94. The second-order valence-electron chi connectivity index (χ2n) is 23.8. The van der Waals surface area contributed by atoms with E-state index < -0.39 is 34.1 Å². The molecule has 3 saturated carbocycles. The molecule has 4 heterocycles. The van der Waals surface area contributed by atoms with Gasteiger partial charge in [-0.25, -0.2) is 0 Å². The monoisotopic (exact) mass is 991 g/mol.